The van der Waals surface area contributed by atoms with Crippen LogP contribution in [-0.2, 0) is 11.3 Å². The molecule has 118 valence electrons. The zero-order valence-electron chi connectivity index (χ0n) is 13.1. The molecule has 0 fully saturated rings. The number of unbranched alkanes of at least 4 members (excludes halogenated alkanes) is 1. The maximum absolute atomic E-state index is 12.1. The Morgan fingerprint density at radius 1 is 1.26 bits per heavy atom. The molecule has 3 nitrogen and oxygen atoms in total. The largest absolute Gasteiger partial charge is 0.491 e. The van der Waals surface area contributed by atoms with Crippen molar-refractivity contribution in [1.82, 2.24) is 0 Å². The van der Waals surface area contributed by atoms with Crippen LogP contribution in [0.25, 0.3) is 0 Å². The summed E-state index contributed by atoms with van der Waals surface area (Å²) in [7, 11) is -0.826. The van der Waals surface area contributed by atoms with Gasteiger partial charge in [-0.3, -0.25) is 4.79 Å². The molecular weight excluding hydrogens is 307 g/mol. The first-order valence-electron chi connectivity index (χ1n) is 7.91. The number of rotatable bonds is 6. The van der Waals surface area contributed by atoms with Crippen molar-refractivity contribution in [2.24, 2.45) is 0 Å². The van der Waals surface area contributed by atoms with E-state index >= 15 is 0 Å². The highest BCUT2D eigenvalue weighted by Crippen LogP contribution is 2.29. The van der Waals surface area contributed by atoms with Gasteiger partial charge in [-0.25, -0.2) is 0 Å². The first-order valence-corrected chi connectivity index (χ1v) is 8.72. The quantitative estimate of drug-likeness (QED) is 0.653. The number of ketones is 1. The van der Waals surface area contributed by atoms with E-state index in [-0.39, 0.29) is 5.78 Å². The van der Waals surface area contributed by atoms with Gasteiger partial charge < -0.3 is 9.68 Å². The van der Waals surface area contributed by atoms with Crippen LogP contribution in [0.15, 0.2) is 52.3 Å². The summed E-state index contributed by atoms with van der Waals surface area (Å²) >= 11 is 1.59. The van der Waals surface area contributed by atoms with E-state index < -0.39 is 7.12 Å². The maximum Gasteiger partial charge on any atom is 0.491 e. The molecule has 23 heavy (non-hydrogen) atoms. The molecule has 3 rings (SSSR count). The average molecular weight is 326 g/mol. The number of Topliss-reactive ketones (excluding diaryl/α,β-unsaturated/α-hetero) is 1. The molecule has 5 heteroatoms. The number of carbonyl (C=O) groups is 1. The van der Waals surface area contributed by atoms with Gasteiger partial charge in [0, 0.05) is 21.8 Å². The second-order valence-electron chi connectivity index (χ2n) is 5.68. The normalized spacial score (nSPS) is 13.2. The minimum atomic E-state index is -0.826. The summed E-state index contributed by atoms with van der Waals surface area (Å²) in [5, 5.41) is 9.80. The molecule has 1 N–H and O–H groups in total. The SMILES string of the molecule is CCCCC(=O)c1cccc(Sc2ccc3c(c2)B(O)OC3)c1. The van der Waals surface area contributed by atoms with Crippen molar-refractivity contribution < 1.29 is 14.5 Å². The van der Waals surface area contributed by atoms with Crippen molar-refractivity contribution in [2.45, 2.75) is 42.6 Å². The number of benzene rings is 2. The number of carbonyl (C=O) groups excluding carboxylic acids is 1. The van der Waals surface area contributed by atoms with Gasteiger partial charge in [-0.1, -0.05) is 43.3 Å². The van der Waals surface area contributed by atoms with Gasteiger partial charge in [-0.05, 0) is 41.7 Å². The third kappa shape index (κ3) is 3.86. The van der Waals surface area contributed by atoms with E-state index in [0.717, 1.165) is 39.2 Å². The molecule has 1 aliphatic heterocycles. The van der Waals surface area contributed by atoms with E-state index in [1.165, 1.54) is 0 Å². The molecule has 0 aromatic heterocycles. The second kappa shape index (κ2) is 7.34. The predicted octanol–water partition coefficient (Wildman–Crippen LogP) is 3.43. The molecule has 0 amide bonds. The first-order chi connectivity index (χ1) is 11.2. The van der Waals surface area contributed by atoms with Crippen LogP contribution in [0.3, 0.4) is 0 Å². The van der Waals surface area contributed by atoms with Crippen molar-refractivity contribution in [3.05, 3.63) is 53.6 Å². The van der Waals surface area contributed by atoms with Crippen molar-refractivity contribution >= 4 is 30.1 Å². The highest BCUT2D eigenvalue weighted by Gasteiger charge is 2.27. The van der Waals surface area contributed by atoms with Gasteiger partial charge in [0.15, 0.2) is 5.78 Å². The molecular formula is C18H19BO3S. The molecule has 0 radical (unpaired) electrons. The zero-order valence-corrected chi connectivity index (χ0v) is 13.9. The van der Waals surface area contributed by atoms with Crippen LogP contribution >= 0.6 is 11.8 Å². The van der Waals surface area contributed by atoms with E-state index in [9.17, 15) is 9.82 Å². The summed E-state index contributed by atoms with van der Waals surface area (Å²) in [6.45, 7) is 2.55. The fraction of sp³-hybridized carbons (Fsp3) is 0.278. The minimum Gasteiger partial charge on any atom is -0.423 e. The van der Waals surface area contributed by atoms with Crippen LogP contribution in [0.1, 0.15) is 42.1 Å². The van der Waals surface area contributed by atoms with Gasteiger partial charge >= 0.3 is 7.12 Å². The van der Waals surface area contributed by atoms with Gasteiger partial charge in [-0.2, -0.15) is 0 Å². The van der Waals surface area contributed by atoms with Crippen molar-refractivity contribution in [1.29, 1.82) is 0 Å². The lowest BCUT2D eigenvalue weighted by Crippen LogP contribution is -2.27. The van der Waals surface area contributed by atoms with Crippen LogP contribution in [0, 0.1) is 0 Å². The van der Waals surface area contributed by atoms with Crippen LogP contribution in [0.5, 0.6) is 0 Å². The zero-order chi connectivity index (χ0) is 16.2. The molecule has 1 aliphatic rings. The van der Waals surface area contributed by atoms with E-state index in [0.29, 0.717) is 13.0 Å². The monoisotopic (exact) mass is 326 g/mol. The molecule has 0 saturated heterocycles. The Balaban J connectivity index is 1.76. The Bertz CT molecular complexity index is 717. The van der Waals surface area contributed by atoms with Gasteiger partial charge in [0.1, 0.15) is 0 Å². The third-order valence-electron chi connectivity index (χ3n) is 3.93. The lowest BCUT2D eigenvalue weighted by atomic mass is 9.80. The highest BCUT2D eigenvalue weighted by molar-refractivity contribution is 7.99. The van der Waals surface area contributed by atoms with E-state index in [1.807, 2.05) is 42.5 Å². The second-order valence-corrected chi connectivity index (χ2v) is 6.83. The van der Waals surface area contributed by atoms with Crippen LogP contribution in [0.2, 0.25) is 0 Å². The van der Waals surface area contributed by atoms with Gasteiger partial charge in [-0.15, -0.1) is 0 Å². The van der Waals surface area contributed by atoms with Crippen LogP contribution in [0.4, 0.5) is 0 Å². The molecule has 0 spiro atoms. The Morgan fingerprint density at radius 3 is 2.91 bits per heavy atom. The molecule has 2 aromatic carbocycles. The van der Waals surface area contributed by atoms with Crippen molar-refractivity contribution in [2.75, 3.05) is 0 Å². The molecule has 0 aliphatic carbocycles. The van der Waals surface area contributed by atoms with Crippen molar-refractivity contribution in [3.63, 3.8) is 0 Å². The Hall–Kier alpha value is -1.56. The summed E-state index contributed by atoms with van der Waals surface area (Å²) in [6, 6.07) is 13.7. The number of hydrogen-bond donors (Lipinski definition) is 1. The molecule has 2 aromatic rings. The standard InChI is InChI=1S/C18H19BO3S/c1-2-3-7-18(20)13-5-4-6-15(10-13)23-16-9-8-14-12-22-19(21)17(14)11-16/h4-6,8-11,21H,2-3,7,12H2,1H3. The summed E-state index contributed by atoms with van der Waals surface area (Å²) < 4.78 is 5.22. The highest BCUT2D eigenvalue weighted by atomic mass is 32.2. The minimum absolute atomic E-state index is 0.201. The maximum atomic E-state index is 12.1. The number of fused-ring (bicyclic) bond motifs is 1. The summed E-state index contributed by atoms with van der Waals surface area (Å²) in [6.07, 6.45) is 2.56. The summed E-state index contributed by atoms with van der Waals surface area (Å²) in [4.78, 5) is 14.2. The first kappa shape index (κ1) is 16.3. The molecule has 1 heterocycles. The predicted molar refractivity (Wildman–Crippen MR) is 93.3 cm³/mol. The van der Waals surface area contributed by atoms with Crippen molar-refractivity contribution in [3.8, 4) is 0 Å². The van der Waals surface area contributed by atoms with E-state index in [4.69, 9.17) is 4.65 Å². The summed E-state index contributed by atoms with van der Waals surface area (Å²) in [5.41, 5.74) is 2.64. The van der Waals surface area contributed by atoms with E-state index in [2.05, 4.69) is 6.92 Å². The topological polar surface area (TPSA) is 46.5 Å². The fourth-order valence-electron chi connectivity index (χ4n) is 2.61. The third-order valence-corrected chi connectivity index (χ3v) is 4.91. The van der Waals surface area contributed by atoms with Crippen LogP contribution < -0.4 is 5.46 Å². The van der Waals surface area contributed by atoms with Crippen LogP contribution in [-0.4, -0.2) is 17.9 Å². The smallest absolute Gasteiger partial charge is 0.423 e. The fourth-order valence-corrected chi connectivity index (χ4v) is 3.53. The molecule has 0 saturated carbocycles. The molecule has 0 unspecified atom stereocenters. The lowest BCUT2D eigenvalue weighted by Gasteiger charge is -2.06. The molecule has 0 atom stereocenters. The lowest BCUT2D eigenvalue weighted by molar-refractivity contribution is 0.0979. The Labute approximate surface area is 141 Å². The molecule has 0 bridgehead atoms. The summed E-state index contributed by atoms with van der Waals surface area (Å²) in [5.74, 6) is 0.201. The van der Waals surface area contributed by atoms with Gasteiger partial charge in [0.05, 0.1) is 6.61 Å². The number of hydrogen-bond acceptors (Lipinski definition) is 4. The van der Waals surface area contributed by atoms with E-state index in [1.54, 1.807) is 11.8 Å². The van der Waals surface area contributed by atoms with Gasteiger partial charge in [0.2, 0.25) is 0 Å². The van der Waals surface area contributed by atoms with Gasteiger partial charge in [0.25, 0.3) is 0 Å². The Morgan fingerprint density at radius 2 is 2.09 bits per heavy atom. The Kier molecular flexibility index (Phi) is 5.21. The average Bonchev–Trinajstić information content (AvgIpc) is 2.94.